The molecule has 2 aliphatic rings. The molecule has 0 bridgehead atoms. The normalized spacial score (nSPS) is 15.7. The van der Waals surface area contributed by atoms with Crippen LogP contribution in [0.4, 0.5) is 4.79 Å². The summed E-state index contributed by atoms with van der Waals surface area (Å²) in [6, 6.07) is 12.9. The van der Waals surface area contributed by atoms with Crippen LogP contribution in [0.3, 0.4) is 0 Å². The molecule has 3 aromatic rings. The third-order valence-electron chi connectivity index (χ3n) is 7.14. The van der Waals surface area contributed by atoms with Gasteiger partial charge in [0.15, 0.2) is 5.82 Å². The van der Waals surface area contributed by atoms with Crippen molar-refractivity contribution in [3.05, 3.63) is 77.9 Å². The fraction of sp³-hybridized carbons (Fsp3) is 0.419. The quantitative estimate of drug-likeness (QED) is 0.456. The van der Waals surface area contributed by atoms with Crippen LogP contribution >= 0.6 is 0 Å². The first-order chi connectivity index (χ1) is 19.7. The van der Waals surface area contributed by atoms with Gasteiger partial charge in [-0.15, -0.1) is 0 Å². The highest BCUT2D eigenvalue weighted by molar-refractivity contribution is 5.95. The van der Waals surface area contributed by atoms with E-state index in [-0.39, 0.29) is 30.0 Å². The zero-order valence-electron chi connectivity index (χ0n) is 23.7. The summed E-state index contributed by atoms with van der Waals surface area (Å²) in [7, 11) is 0. The Morgan fingerprint density at radius 2 is 1.56 bits per heavy atom. The summed E-state index contributed by atoms with van der Waals surface area (Å²) in [6.45, 7) is 7.04. The number of piperidine rings is 1. The third-order valence-corrected chi connectivity index (χ3v) is 7.14. The molecule has 2 aromatic heterocycles. The standard InChI is InChI=1S/C31H36N6O4/c1-31(2,3)41-30(40)36-16-13-26(14-17-36)37(25-11-12-25)29(39)23-18-33-27(34-19-23)21-7-9-22(10-8-21)28(38)35-20-24-6-4-5-15-32-24/h4-10,15,18-19,25-26H,11-14,16-17,20H2,1-3H3,(H,35,38). The summed E-state index contributed by atoms with van der Waals surface area (Å²) in [5.41, 5.74) is 1.97. The van der Waals surface area contributed by atoms with Gasteiger partial charge in [0.1, 0.15) is 5.60 Å². The molecule has 1 aliphatic carbocycles. The lowest BCUT2D eigenvalue weighted by Gasteiger charge is -2.39. The lowest BCUT2D eigenvalue weighted by atomic mass is 10.0. The van der Waals surface area contributed by atoms with Gasteiger partial charge in [-0.1, -0.05) is 18.2 Å². The maximum absolute atomic E-state index is 13.6. The molecule has 10 heteroatoms. The van der Waals surface area contributed by atoms with Crippen LogP contribution in [-0.2, 0) is 11.3 Å². The highest BCUT2D eigenvalue weighted by Gasteiger charge is 2.40. The molecule has 5 rings (SSSR count). The van der Waals surface area contributed by atoms with Gasteiger partial charge in [0.2, 0.25) is 0 Å². The second-order valence-electron chi connectivity index (χ2n) is 11.5. The summed E-state index contributed by atoms with van der Waals surface area (Å²) >= 11 is 0. The first-order valence-electron chi connectivity index (χ1n) is 14.1. The fourth-order valence-electron chi connectivity index (χ4n) is 4.92. The van der Waals surface area contributed by atoms with E-state index in [1.807, 2.05) is 43.9 Å². The smallest absolute Gasteiger partial charge is 0.410 e. The highest BCUT2D eigenvalue weighted by Crippen LogP contribution is 2.33. The highest BCUT2D eigenvalue weighted by atomic mass is 16.6. The number of carbonyl (C=O) groups is 3. The summed E-state index contributed by atoms with van der Waals surface area (Å²) in [4.78, 5) is 55.4. The van der Waals surface area contributed by atoms with E-state index in [9.17, 15) is 14.4 Å². The maximum Gasteiger partial charge on any atom is 0.410 e. The van der Waals surface area contributed by atoms with E-state index < -0.39 is 5.60 Å². The molecule has 1 aromatic carbocycles. The minimum Gasteiger partial charge on any atom is -0.444 e. The van der Waals surface area contributed by atoms with Crippen LogP contribution in [-0.4, -0.2) is 73.4 Å². The molecular formula is C31H36N6O4. The van der Waals surface area contributed by atoms with Gasteiger partial charge >= 0.3 is 6.09 Å². The second kappa shape index (κ2) is 12.0. The van der Waals surface area contributed by atoms with Crippen LogP contribution in [0.2, 0.25) is 0 Å². The molecule has 1 N–H and O–H groups in total. The predicted molar refractivity (Wildman–Crippen MR) is 153 cm³/mol. The maximum atomic E-state index is 13.6. The molecule has 1 saturated heterocycles. The van der Waals surface area contributed by atoms with Crippen LogP contribution in [0.5, 0.6) is 0 Å². The summed E-state index contributed by atoms with van der Waals surface area (Å²) in [5, 5.41) is 2.86. The van der Waals surface area contributed by atoms with Crippen molar-refractivity contribution in [1.29, 1.82) is 0 Å². The number of pyridine rings is 1. The molecule has 1 aliphatic heterocycles. The minimum atomic E-state index is -0.535. The average Bonchev–Trinajstić information content (AvgIpc) is 3.81. The lowest BCUT2D eigenvalue weighted by molar-refractivity contribution is 0.0142. The van der Waals surface area contributed by atoms with Gasteiger partial charge < -0.3 is 19.9 Å². The second-order valence-corrected chi connectivity index (χ2v) is 11.5. The number of carbonyl (C=O) groups excluding carboxylic acids is 3. The van der Waals surface area contributed by atoms with Crippen molar-refractivity contribution in [3.63, 3.8) is 0 Å². The van der Waals surface area contributed by atoms with Crippen molar-refractivity contribution >= 4 is 17.9 Å². The molecule has 10 nitrogen and oxygen atoms in total. The van der Waals surface area contributed by atoms with Gasteiger partial charge in [0.05, 0.1) is 17.8 Å². The molecule has 3 amide bonds. The van der Waals surface area contributed by atoms with Crippen LogP contribution in [0.15, 0.2) is 61.1 Å². The van der Waals surface area contributed by atoms with Gasteiger partial charge in [-0.25, -0.2) is 14.8 Å². The Kier molecular flexibility index (Phi) is 8.28. The van der Waals surface area contributed by atoms with Gasteiger partial charge in [-0.05, 0) is 70.7 Å². The van der Waals surface area contributed by atoms with Gasteiger partial charge in [0, 0.05) is 54.9 Å². The first kappa shape index (κ1) is 28.2. The number of hydrogen-bond acceptors (Lipinski definition) is 7. The van der Waals surface area contributed by atoms with Crippen molar-refractivity contribution < 1.29 is 19.1 Å². The molecule has 0 unspecified atom stereocenters. The topological polar surface area (TPSA) is 118 Å². The van der Waals surface area contributed by atoms with E-state index in [2.05, 4.69) is 20.3 Å². The Labute approximate surface area is 240 Å². The van der Waals surface area contributed by atoms with Crippen LogP contribution in [0.25, 0.3) is 11.4 Å². The van der Waals surface area contributed by atoms with Crippen molar-refractivity contribution in [2.75, 3.05) is 13.1 Å². The van der Waals surface area contributed by atoms with Crippen LogP contribution < -0.4 is 5.32 Å². The molecule has 0 atom stereocenters. The van der Waals surface area contributed by atoms with Crippen molar-refractivity contribution in [3.8, 4) is 11.4 Å². The van der Waals surface area contributed by atoms with Crippen LogP contribution in [0.1, 0.15) is 72.9 Å². The Hall–Kier alpha value is -4.34. The van der Waals surface area contributed by atoms with E-state index in [4.69, 9.17) is 4.74 Å². The molecule has 0 radical (unpaired) electrons. The summed E-state index contributed by atoms with van der Waals surface area (Å²) < 4.78 is 5.51. The monoisotopic (exact) mass is 556 g/mol. The summed E-state index contributed by atoms with van der Waals surface area (Å²) in [6.07, 6.45) is 7.92. The number of likely N-dealkylation sites (tertiary alicyclic amines) is 1. The number of rotatable bonds is 7. The van der Waals surface area contributed by atoms with Crippen molar-refractivity contribution in [2.45, 2.75) is 70.7 Å². The summed E-state index contributed by atoms with van der Waals surface area (Å²) in [5.74, 6) is 0.210. The largest absolute Gasteiger partial charge is 0.444 e. The van der Waals surface area contributed by atoms with E-state index in [0.717, 1.165) is 24.1 Å². The molecule has 1 saturated carbocycles. The number of ether oxygens (including phenoxy) is 1. The predicted octanol–water partition coefficient (Wildman–Crippen LogP) is 4.47. The first-order valence-corrected chi connectivity index (χ1v) is 14.1. The van der Waals surface area contributed by atoms with E-state index in [1.54, 1.807) is 47.8 Å². The Bertz CT molecular complexity index is 1360. The van der Waals surface area contributed by atoms with E-state index in [1.165, 1.54) is 0 Å². The number of aromatic nitrogens is 3. The number of nitrogens with one attached hydrogen (secondary N) is 1. The van der Waals surface area contributed by atoms with E-state index in [0.29, 0.717) is 49.4 Å². The van der Waals surface area contributed by atoms with Crippen molar-refractivity contribution in [2.24, 2.45) is 0 Å². The van der Waals surface area contributed by atoms with Gasteiger partial charge in [-0.2, -0.15) is 0 Å². The Morgan fingerprint density at radius 1 is 0.902 bits per heavy atom. The lowest BCUT2D eigenvalue weighted by Crippen LogP contribution is -2.50. The fourth-order valence-corrected chi connectivity index (χ4v) is 4.92. The Morgan fingerprint density at radius 3 is 2.15 bits per heavy atom. The number of benzene rings is 1. The molecular weight excluding hydrogens is 520 g/mol. The SMILES string of the molecule is CC(C)(C)OC(=O)N1CCC(N(C(=O)c2cnc(-c3ccc(C(=O)NCc4ccccn4)cc3)nc2)C2CC2)CC1. The molecule has 2 fully saturated rings. The van der Waals surface area contributed by atoms with Crippen molar-refractivity contribution in [1.82, 2.24) is 30.1 Å². The molecule has 0 spiro atoms. The molecule has 214 valence electrons. The zero-order chi connectivity index (χ0) is 29.0. The third kappa shape index (κ3) is 7.25. The average molecular weight is 557 g/mol. The zero-order valence-corrected chi connectivity index (χ0v) is 23.7. The molecule has 3 heterocycles. The van der Waals surface area contributed by atoms with Gasteiger partial charge in [-0.3, -0.25) is 14.6 Å². The van der Waals surface area contributed by atoms with E-state index >= 15 is 0 Å². The molecule has 41 heavy (non-hydrogen) atoms. The number of hydrogen-bond donors (Lipinski definition) is 1. The number of amides is 3. The Balaban J connectivity index is 1.18. The number of nitrogens with zero attached hydrogens (tertiary/aromatic N) is 5. The van der Waals surface area contributed by atoms with Gasteiger partial charge in [0.25, 0.3) is 11.8 Å². The van der Waals surface area contributed by atoms with Crippen LogP contribution in [0, 0.1) is 0 Å². The minimum absolute atomic E-state index is 0.0599.